The van der Waals surface area contributed by atoms with Gasteiger partial charge in [-0.05, 0) is 49.6 Å². The van der Waals surface area contributed by atoms with Crippen LogP contribution in [0.2, 0.25) is 0 Å². The van der Waals surface area contributed by atoms with Crippen molar-refractivity contribution in [3.05, 3.63) is 69.1 Å². The predicted octanol–water partition coefficient (Wildman–Crippen LogP) is 3.31. The largest absolute Gasteiger partial charge is 0.329 e. The van der Waals surface area contributed by atoms with Gasteiger partial charge in [-0.3, -0.25) is 9.13 Å². The second-order valence-corrected chi connectivity index (χ2v) is 5.79. The molecule has 0 fully saturated rings. The zero-order chi connectivity index (χ0) is 15.1. The van der Waals surface area contributed by atoms with Crippen LogP contribution in [-0.2, 0) is 13.6 Å². The SMILES string of the molecule is Cc1cc(C)c(Cn2c(=O)n(C)c3ccccc32)c(C)c1. The number of para-hydroxylation sites is 2. The van der Waals surface area contributed by atoms with Crippen molar-refractivity contribution >= 4 is 11.0 Å². The number of aryl methyl sites for hydroxylation is 4. The average molecular weight is 280 g/mol. The highest BCUT2D eigenvalue weighted by Gasteiger charge is 2.12. The average Bonchev–Trinajstić information content (AvgIpc) is 2.67. The van der Waals surface area contributed by atoms with Crippen molar-refractivity contribution in [1.29, 1.82) is 0 Å². The summed E-state index contributed by atoms with van der Waals surface area (Å²) >= 11 is 0. The Morgan fingerprint density at radius 1 is 0.952 bits per heavy atom. The summed E-state index contributed by atoms with van der Waals surface area (Å²) in [6, 6.07) is 12.3. The van der Waals surface area contributed by atoms with Crippen molar-refractivity contribution < 1.29 is 0 Å². The quantitative estimate of drug-likeness (QED) is 0.707. The van der Waals surface area contributed by atoms with Crippen LogP contribution < -0.4 is 5.69 Å². The van der Waals surface area contributed by atoms with Crippen LogP contribution in [0, 0.1) is 20.8 Å². The summed E-state index contributed by atoms with van der Waals surface area (Å²) in [6.45, 7) is 6.96. The van der Waals surface area contributed by atoms with Crippen LogP contribution in [0.5, 0.6) is 0 Å². The Labute approximate surface area is 124 Å². The van der Waals surface area contributed by atoms with E-state index in [0.717, 1.165) is 11.0 Å². The molecule has 0 amide bonds. The third-order valence-corrected chi connectivity index (χ3v) is 4.21. The number of nitrogens with zero attached hydrogens (tertiary/aromatic N) is 2. The van der Waals surface area contributed by atoms with Gasteiger partial charge >= 0.3 is 5.69 Å². The summed E-state index contributed by atoms with van der Waals surface area (Å²) in [5, 5.41) is 0. The van der Waals surface area contributed by atoms with Crippen LogP contribution in [0.1, 0.15) is 22.3 Å². The molecule has 3 rings (SSSR count). The van der Waals surface area contributed by atoms with Crippen molar-refractivity contribution in [2.24, 2.45) is 7.05 Å². The van der Waals surface area contributed by atoms with Crippen molar-refractivity contribution in [2.75, 3.05) is 0 Å². The van der Waals surface area contributed by atoms with Gasteiger partial charge in [0, 0.05) is 7.05 Å². The molecule has 0 atom stereocenters. The van der Waals surface area contributed by atoms with E-state index in [0.29, 0.717) is 6.54 Å². The van der Waals surface area contributed by atoms with E-state index in [1.54, 1.807) is 4.57 Å². The molecule has 0 aliphatic rings. The summed E-state index contributed by atoms with van der Waals surface area (Å²) in [5.41, 5.74) is 6.99. The zero-order valence-corrected chi connectivity index (χ0v) is 13.0. The monoisotopic (exact) mass is 280 g/mol. The van der Waals surface area contributed by atoms with Gasteiger partial charge in [0.05, 0.1) is 17.6 Å². The number of hydrogen-bond donors (Lipinski definition) is 0. The molecule has 0 unspecified atom stereocenters. The number of benzene rings is 2. The van der Waals surface area contributed by atoms with Crippen LogP contribution in [-0.4, -0.2) is 9.13 Å². The molecule has 1 aromatic heterocycles. The van der Waals surface area contributed by atoms with Gasteiger partial charge in [0.1, 0.15) is 0 Å². The van der Waals surface area contributed by atoms with Gasteiger partial charge in [-0.1, -0.05) is 29.8 Å². The maximum absolute atomic E-state index is 12.5. The van der Waals surface area contributed by atoms with E-state index in [1.807, 2.05) is 35.9 Å². The molecule has 3 nitrogen and oxygen atoms in total. The number of aromatic nitrogens is 2. The molecule has 108 valence electrons. The van der Waals surface area contributed by atoms with E-state index in [-0.39, 0.29) is 5.69 Å². The predicted molar refractivity (Wildman–Crippen MR) is 86.9 cm³/mol. The van der Waals surface area contributed by atoms with E-state index in [9.17, 15) is 4.79 Å². The molecule has 3 heteroatoms. The Hall–Kier alpha value is -2.29. The molecule has 0 bridgehead atoms. The minimum atomic E-state index is 0.0376. The van der Waals surface area contributed by atoms with Gasteiger partial charge in [0.15, 0.2) is 0 Å². The molecule has 0 saturated heterocycles. The summed E-state index contributed by atoms with van der Waals surface area (Å²) in [6.07, 6.45) is 0. The first-order valence-electron chi connectivity index (χ1n) is 7.20. The normalized spacial score (nSPS) is 11.2. The van der Waals surface area contributed by atoms with Gasteiger partial charge in [-0.15, -0.1) is 0 Å². The molecule has 0 radical (unpaired) electrons. The fourth-order valence-electron chi connectivity index (χ4n) is 3.13. The van der Waals surface area contributed by atoms with E-state index < -0.39 is 0 Å². The first-order chi connectivity index (χ1) is 9.99. The fraction of sp³-hybridized carbons (Fsp3) is 0.278. The molecular formula is C18H20N2O. The van der Waals surface area contributed by atoms with E-state index in [1.165, 1.54) is 22.3 Å². The van der Waals surface area contributed by atoms with Crippen molar-refractivity contribution in [2.45, 2.75) is 27.3 Å². The first kappa shape index (κ1) is 13.7. The standard InChI is InChI=1S/C18H20N2O/c1-12-9-13(2)15(14(3)10-12)11-20-17-8-6-5-7-16(17)19(4)18(20)21/h5-10H,11H2,1-4H3. The highest BCUT2D eigenvalue weighted by Crippen LogP contribution is 2.19. The fourth-order valence-corrected chi connectivity index (χ4v) is 3.13. The van der Waals surface area contributed by atoms with Crippen LogP contribution in [0.3, 0.4) is 0 Å². The van der Waals surface area contributed by atoms with Gasteiger partial charge in [-0.25, -0.2) is 4.79 Å². The molecule has 21 heavy (non-hydrogen) atoms. The van der Waals surface area contributed by atoms with Gasteiger partial charge in [-0.2, -0.15) is 0 Å². The van der Waals surface area contributed by atoms with Crippen molar-refractivity contribution in [3.8, 4) is 0 Å². The number of fused-ring (bicyclic) bond motifs is 1. The Kier molecular flexibility index (Phi) is 3.20. The number of imidazole rings is 1. The summed E-state index contributed by atoms with van der Waals surface area (Å²) in [4.78, 5) is 12.5. The Morgan fingerprint density at radius 3 is 2.14 bits per heavy atom. The van der Waals surface area contributed by atoms with E-state index in [2.05, 4.69) is 32.9 Å². The molecule has 0 aliphatic heterocycles. The molecule has 0 aliphatic carbocycles. The molecule has 0 N–H and O–H groups in total. The Bertz CT molecular complexity index is 861. The second-order valence-electron chi connectivity index (χ2n) is 5.79. The highest BCUT2D eigenvalue weighted by atomic mass is 16.1. The highest BCUT2D eigenvalue weighted by molar-refractivity contribution is 5.76. The molecular weight excluding hydrogens is 260 g/mol. The Morgan fingerprint density at radius 2 is 1.52 bits per heavy atom. The third-order valence-electron chi connectivity index (χ3n) is 4.21. The molecule has 1 heterocycles. The summed E-state index contributed by atoms with van der Waals surface area (Å²) < 4.78 is 3.58. The summed E-state index contributed by atoms with van der Waals surface area (Å²) in [5.74, 6) is 0. The van der Waals surface area contributed by atoms with Crippen molar-refractivity contribution in [3.63, 3.8) is 0 Å². The first-order valence-corrected chi connectivity index (χ1v) is 7.20. The van der Waals surface area contributed by atoms with Gasteiger partial charge in [0.25, 0.3) is 0 Å². The lowest BCUT2D eigenvalue weighted by Crippen LogP contribution is -2.23. The van der Waals surface area contributed by atoms with Crippen LogP contribution in [0.25, 0.3) is 11.0 Å². The van der Waals surface area contributed by atoms with E-state index in [4.69, 9.17) is 0 Å². The van der Waals surface area contributed by atoms with Gasteiger partial charge in [0.2, 0.25) is 0 Å². The molecule has 0 saturated carbocycles. The van der Waals surface area contributed by atoms with E-state index >= 15 is 0 Å². The molecule has 2 aromatic carbocycles. The van der Waals surface area contributed by atoms with Crippen LogP contribution in [0.15, 0.2) is 41.2 Å². The molecule has 0 spiro atoms. The number of rotatable bonds is 2. The zero-order valence-electron chi connectivity index (χ0n) is 13.0. The molecule has 3 aromatic rings. The minimum absolute atomic E-state index is 0.0376. The topological polar surface area (TPSA) is 26.9 Å². The van der Waals surface area contributed by atoms with Crippen LogP contribution in [0.4, 0.5) is 0 Å². The van der Waals surface area contributed by atoms with Crippen molar-refractivity contribution in [1.82, 2.24) is 9.13 Å². The lowest BCUT2D eigenvalue weighted by molar-refractivity contribution is 0.730. The lowest BCUT2D eigenvalue weighted by atomic mass is 10.00. The minimum Gasteiger partial charge on any atom is -0.295 e. The second kappa shape index (κ2) is 4.92. The van der Waals surface area contributed by atoms with Gasteiger partial charge < -0.3 is 0 Å². The summed E-state index contributed by atoms with van der Waals surface area (Å²) in [7, 11) is 1.83. The maximum atomic E-state index is 12.5. The lowest BCUT2D eigenvalue weighted by Gasteiger charge is -2.12. The maximum Gasteiger partial charge on any atom is 0.329 e. The third kappa shape index (κ3) is 2.19. The number of hydrogen-bond acceptors (Lipinski definition) is 1. The smallest absolute Gasteiger partial charge is 0.295 e. The van der Waals surface area contributed by atoms with Crippen LogP contribution >= 0.6 is 0 Å². The Balaban J connectivity index is 2.20.